The SMILES string of the molecule is CO[P+](=O)O.CO[P+](C)=O. The molecule has 0 fully saturated rings. The second-order valence-corrected chi connectivity index (χ2v) is 3.13. The fraction of sp³-hybridized carbons (Fsp3) is 1.00. The van der Waals surface area contributed by atoms with E-state index in [1.54, 1.807) is 0 Å². The lowest BCUT2D eigenvalue weighted by Gasteiger charge is -1.58. The first-order valence-corrected chi connectivity index (χ1v) is 4.95. The molecule has 0 aromatic carbocycles. The fourth-order valence-corrected chi connectivity index (χ4v) is 0. The summed E-state index contributed by atoms with van der Waals surface area (Å²) in [6.45, 7) is 1.51. The van der Waals surface area contributed by atoms with E-state index in [2.05, 4.69) is 9.05 Å². The fourth-order valence-electron chi connectivity index (χ4n) is 0. The highest BCUT2D eigenvalue weighted by Gasteiger charge is 2.02. The zero-order chi connectivity index (χ0) is 8.57. The summed E-state index contributed by atoms with van der Waals surface area (Å²) in [7, 11) is -1.12. The van der Waals surface area contributed by atoms with E-state index in [1.807, 2.05) is 0 Å². The summed E-state index contributed by atoms with van der Waals surface area (Å²) < 4.78 is 27.1. The van der Waals surface area contributed by atoms with Crippen LogP contribution in [0.3, 0.4) is 0 Å². The maximum absolute atomic E-state index is 9.74. The second kappa shape index (κ2) is 9.08. The Bertz CT molecular complexity index is 99.5. The maximum atomic E-state index is 9.74. The van der Waals surface area contributed by atoms with Crippen molar-refractivity contribution in [2.45, 2.75) is 0 Å². The maximum Gasteiger partial charge on any atom is 0.694 e. The highest BCUT2D eigenvalue weighted by Crippen LogP contribution is 2.10. The molecule has 0 bridgehead atoms. The quantitative estimate of drug-likeness (QED) is 0.661. The van der Waals surface area contributed by atoms with Crippen LogP contribution in [0.15, 0.2) is 0 Å². The van der Waals surface area contributed by atoms with E-state index < -0.39 is 16.3 Å². The van der Waals surface area contributed by atoms with Gasteiger partial charge < -0.3 is 0 Å². The first-order chi connectivity index (χ1) is 4.54. The van der Waals surface area contributed by atoms with Crippen molar-refractivity contribution in [1.82, 2.24) is 0 Å². The third-order valence-electron chi connectivity index (χ3n) is 0.413. The van der Waals surface area contributed by atoms with Crippen LogP contribution in [0.4, 0.5) is 0 Å². The lowest BCUT2D eigenvalue weighted by atomic mass is 11.8. The average Bonchev–Trinajstić information content (AvgIpc) is 1.89. The van der Waals surface area contributed by atoms with E-state index in [-0.39, 0.29) is 0 Å². The Hall–Kier alpha value is 0.0800. The van der Waals surface area contributed by atoms with Crippen molar-refractivity contribution >= 4 is 16.3 Å². The van der Waals surface area contributed by atoms with Gasteiger partial charge in [0.15, 0.2) is 6.66 Å². The zero-order valence-corrected chi connectivity index (χ0v) is 7.76. The van der Waals surface area contributed by atoms with Crippen molar-refractivity contribution in [3.05, 3.63) is 0 Å². The molecular weight excluding hydrogens is 178 g/mol. The molecule has 0 spiro atoms. The first kappa shape index (κ1) is 12.7. The van der Waals surface area contributed by atoms with Gasteiger partial charge in [-0.15, -0.1) is 13.9 Å². The van der Waals surface area contributed by atoms with Gasteiger partial charge in [-0.05, 0) is 4.57 Å². The van der Waals surface area contributed by atoms with Crippen LogP contribution in [0.25, 0.3) is 0 Å². The van der Waals surface area contributed by atoms with E-state index in [0.29, 0.717) is 0 Å². The third-order valence-corrected chi connectivity index (χ3v) is 1.24. The van der Waals surface area contributed by atoms with Crippen molar-refractivity contribution in [3.8, 4) is 0 Å². The normalized spacial score (nSPS) is 11.2. The minimum absolute atomic E-state index is 1.17. The summed E-state index contributed by atoms with van der Waals surface area (Å²) in [6, 6.07) is 0. The molecule has 60 valence electrons. The van der Waals surface area contributed by atoms with Crippen molar-refractivity contribution in [1.29, 1.82) is 0 Å². The largest absolute Gasteiger partial charge is 0.694 e. The smallest absolute Gasteiger partial charge is 0.150 e. The molecule has 0 aromatic heterocycles. The standard InChI is InChI=1S/C2H6O2P.CH3O3P/c2*1-4-5(2)3/h1-2H3;1H3/q+1;/p+1. The van der Waals surface area contributed by atoms with Crippen LogP contribution >= 0.6 is 16.3 Å². The number of rotatable bonds is 2. The van der Waals surface area contributed by atoms with Crippen LogP contribution in [0.2, 0.25) is 0 Å². The summed E-state index contributed by atoms with van der Waals surface area (Å²) in [4.78, 5) is 7.65. The molecule has 0 aliphatic heterocycles. The lowest BCUT2D eigenvalue weighted by molar-refractivity contribution is 0.343. The molecule has 1 N–H and O–H groups in total. The molecule has 0 amide bonds. The Morgan fingerprint density at radius 3 is 1.40 bits per heavy atom. The highest BCUT2D eigenvalue weighted by molar-refractivity contribution is 7.38. The average molecular weight is 188 g/mol. The van der Waals surface area contributed by atoms with Gasteiger partial charge in [0.25, 0.3) is 0 Å². The summed E-state index contributed by atoms with van der Waals surface area (Å²) in [5.74, 6) is 0. The molecule has 0 aliphatic rings. The van der Waals surface area contributed by atoms with E-state index >= 15 is 0 Å². The highest BCUT2D eigenvalue weighted by atomic mass is 31.1. The molecule has 2 unspecified atom stereocenters. The van der Waals surface area contributed by atoms with E-state index in [0.717, 1.165) is 0 Å². The van der Waals surface area contributed by atoms with Gasteiger partial charge in [-0.1, -0.05) is 0 Å². The number of hydrogen-bond acceptors (Lipinski definition) is 4. The molecule has 0 rings (SSSR count). The third kappa shape index (κ3) is 24.3. The Labute approximate surface area is 61.2 Å². The van der Waals surface area contributed by atoms with E-state index in [1.165, 1.54) is 20.9 Å². The van der Waals surface area contributed by atoms with Crippen LogP contribution in [0.1, 0.15) is 0 Å². The number of hydrogen-bond donors (Lipinski definition) is 1. The minimum atomic E-state index is -2.35. The van der Waals surface area contributed by atoms with Gasteiger partial charge in [0.1, 0.15) is 0 Å². The van der Waals surface area contributed by atoms with E-state index in [4.69, 9.17) is 4.89 Å². The molecule has 0 aliphatic carbocycles. The molecule has 2 atom stereocenters. The predicted octanol–water partition coefficient (Wildman–Crippen LogP) is 1.29. The van der Waals surface area contributed by atoms with Crippen LogP contribution in [0.5, 0.6) is 0 Å². The van der Waals surface area contributed by atoms with Gasteiger partial charge in [-0.3, -0.25) is 0 Å². The van der Waals surface area contributed by atoms with Crippen molar-refractivity contribution in [2.24, 2.45) is 0 Å². The molecule has 0 saturated heterocycles. The summed E-state index contributed by atoms with van der Waals surface area (Å²) in [6.07, 6.45) is 0. The van der Waals surface area contributed by atoms with Crippen molar-refractivity contribution in [2.75, 3.05) is 20.9 Å². The van der Waals surface area contributed by atoms with Crippen molar-refractivity contribution < 1.29 is 23.1 Å². The Morgan fingerprint density at radius 1 is 1.20 bits per heavy atom. The molecule has 7 heteroatoms. The zero-order valence-electron chi connectivity index (χ0n) is 5.97. The molecule has 0 radical (unpaired) electrons. The van der Waals surface area contributed by atoms with Gasteiger partial charge in [0.05, 0.1) is 14.2 Å². The van der Waals surface area contributed by atoms with Gasteiger partial charge in [-0.25, -0.2) is 0 Å². The minimum Gasteiger partial charge on any atom is -0.150 e. The van der Waals surface area contributed by atoms with Crippen LogP contribution in [-0.4, -0.2) is 25.8 Å². The molecule has 10 heavy (non-hydrogen) atoms. The monoisotopic (exact) mass is 188 g/mol. The van der Waals surface area contributed by atoms with Gasteiger partial charge in [0.2, 0.25) is 0 Å². The molecular formula is C3H10O5P2+2. The Morgan fingerprint density at radius 2 is 1.40 bits per heavy atom. The van der Waals surface area contributed by atoms with Gasteiger partial charge >= 0.3 is 16.3 Å². The van der Waals surface area contributed by atoms with Crippen LogP contribution < -0.4 is 0 Å². The Balaban J connectivity index is 0. The van der Waals surface area contributed by atoms with Gasteiger partial charge in [0, 0.05) is 4.57 Å². The van der Waals surface area contributed by atoms with Gasteiger partial charge in [-0.2, -0.15) is 0 Å². The second-order valence-electron chi connectivity index (χ2n) is 1.04. The topological polar surface area (TPSA) is 72.8 Å². The Kier molecular flexibility index (Phi) is 11.6. The summed E-state index contributed by atoms with van der Waals surface area (Å²) in [5, 5.41) is 0. The summed E-state index contributed by atoms with van der Waals surface area (Å²) in [5.41, 5.74) is 0. The molecule has 0 aromatic rings. The lowest BCUT2D eigenvalue weighted by Crippen LogP contribution is -1.57. The van der Waals surface area contributed by atoms with E-state index in [9.17, 15) is 9.13 Å². The molecule has 5 nitrogen and oxygen atoms in total. The first-order valence-electron chi connectivity index (χ1n) is 2.19. The predicted molar refractivity (Wildman–Crippen MR) is 37.4 cm³/mol. The molecule has 0 heterocycles. The van der Waals surface area contributed by atoms with Crippen LogP contribution in [0, 0.1) is 0 Å². The molecule has 0 saturated carbocycles. The van der Waals surface area contributed by atoms with Crippen molar-refractivity contribution in [3.63, 3.8) is 0 Å². The van der Waals surface area contributed by atoms with Crippen LogP contribution in [-0.2, 0) is 18.2 Å². The summed E-state index contributed by atoms with van der Waals surface area (Å²) >= 11 is 0.